The van der Waals surface area contributed by atoms with E-state index in [1.165, 1.54) is 0 Å². The molecule has 0 aliphatic heterocycles. The van der Waals surface area contributed by atoms with Gasteiger partial charge >= 0.3 is 5.97 Å². The standard InChI is InChI=1S/C14H18N4O2/c1-5-20-14(19)12-8-18-10(2)11(15-9-17(3)4)6-7-13(18)16-12/h6-9H,5H2,1-4H3. The second-order valence-electron chi connectivity index (χ2n) is 4.59. The number of esters is 1. The monoisotopic (exact) mass is 274 g/mol. The summed E-state index contributed by atoms with van der Waals surface area (Å²) in [6.07, 6.45) is 3.41. The van der Waals surface area contributed by atoms with Crippen molar-refractivity contribution in [2.75, 3.05) is 20.7 Å². The van der Waals surface area contributed by atoms with Crippen LogP contribution < -0.4 is 0 Å². The third kappa shape index (κ3) is 2.79. The Bertz CT molecular complexity index is 658. The molecule has 2 rings (SSSR count). The number of carbonyl (C=O) groups excluding carboxylic acids is 1. The Morgan fingerprint density at radius 3 is 2.90 bits per heavy atom. The molecule has 0 spiro atoms. The third-order valence-electron chi connectivity index (χ3n) is 2.77. The van der Waals surface area contributed by atoms with Crippen LogP contribution in [0.3, 0.4) is 0 Å². The van der Waals surface area contributed by atoms with Crippen molar-refractivity contribution in [2.24, 2.45) is 4.99 Å². The molecule has 6 heteroatoms. The van der Waals surface area contributed by atoms with Gasteiger partial charge in [-0.3, -0.25) is 0 Å². The number of hydrogen-bond donors (Lipinski definition) is 0. The number of nitrogens with zero attached hydrogens (tertiary/aromatic N) is 4. The maximum Gasteiger partial charge on any atom is 0.358 e. The van der Waals surface area contributed by atoms with Crippen LogP contribution in [0.4, 0.5) is 5.69 Å². The summed E-state index contributed by atoms with van der Waals surface area (Å²) in [4.78, 5) is 22.2. The van der Waals surface area contributed by atoms with Gasteiger partial charge in [0.25, 0.3) is 0 Å². The molecule has 2 aromatic rings. The van der Waals surface area contributed by atoms with Crippen molar-refractivity contribution in [2.45, 2.75) is 13.8 Å². The Balaban J connectivity index is 2.43. The zero-order chi connectivity index (χ0) is 14.7. The van der Waals surface area contributed by atoms with E-state index in [0.717, 1.165) is 11.4 Å². The first-order valence-electron chi connectivity index (χ1n) is 6.39. The summed E-state index contributed by atoms with van der Waals surface area (Å²) >= 11 is 0. The molecule has 0 bridgehead atoms. The second kappa shape index (κ2) is 5.73. The number of rotatable bonds is 4. The van der Waals surface area contributed by atoms with Gasteiger partial charge in [-0.15, -0.1) is 0 Å². The average Bonchev–Trinajstić information content (AvgIpc) is 2.83. The fourth-order valence-electron chi connectivity index (χ4n) is 1.80. The van der Waals surface area contributed by atoms with E-state index in [4.69, 9.17) is 4.74 Å². The molecule has 20 heavy (non-hydrogen) atoms. The number of carbonyl (C=O) groups is 1. The Kier molecular flexibility index (Phi) is 4.02. The number of hydrogen-bond acceptors (Lipinski definition) is 4. The highest BCUT2D eigenvalue weighted by molar-refractivity contribution is 5.88. The van der Waals surface area contributed by atoms with Crippen molar-refractivity contribution >= 4 is 23.6 Å². The lowest BCUT2D eigenvalue weighted by atomic mass is 10.3. The zero-order valence-electron chi connectivity index (χ0n) is 12.1. The molecule has 2 aromatic heterocycles. The summed E-state index contributed by atoms with van der Waals surface area (Å²) < 4.78 is 6.80. The molecule has 0 aliphatic rings. The van der Waals surface area contributed by atoms with E-state index in [-0.39, 0.29) is 0 Å². The molecule has 6 nitrogen and oxygen atoms in total. The van der Waals surface area contributed by atoms with Gasteiger partial charge in [-0.25, -0.2) is 14.8 Å². The highest BCUT2D eigenvalue weighted by atomic mass is 16.5. The molecular formula is C14H18N4O2. The topological polar surface area (TPSA) is 59.2 Å². The summed E-state index contributed by atoms with van der Waals surface area (Å²) in [5, 5.41) is 0. The van der Waals surface area contributed by atoms with Gasteiger partial charge < -0.3 is 14.0 Å². The highest BCUT2D eigenvalue weighted by Gasteiger charge is 2.13. The van der Waals surface area contributed by atoms with E-state index in [1.54, 1.807) is 19.5 Å². The number of pyridine rings is 1. The minimum Gasteiger partial charge on any atom is -0.461 e. The number of imidazole rings is 1. The van der Waals surface area contributed by atoms with Crippen molar-refractivity contribution in [3.05, 3.63) is 29.7 Å². The minimum atomic E-state index is -0.408. The lowest BCUT2D eigenvalue weighted by Crippen LogP contribution is -2.07. The lowest BCUT2D eigenvalue weighted by Gasteiger charge is -2.06. The van der Waals surface area contributed by atoms with Gasteiger partial charge in [0.05, 0.1) is 18.6 Å². The van der Waals surface area contributed by atoms with Crippen LogP contribution in [-0.2, 0) is 4.74 Å². The van der Waals surface area contributed by atoms with E-state index in [0.29, 0.717) is 17.9 Å². The maximum absolute atomic E-state index is 11.7. The molecule has 0 unspecified atom stereocenters. The van der Waals surface area contributed by atoms with Gasteiger partial charge in [0.2, 0.25) is 0 Å². The molecule has 0 saturated carbocycles. The van der Waals surface area contributed by atoms with E-state index < -0.39 is 5.97 Å². The largest absolute Gasteiger partial charge is 0.461 e. The Morgan fingerprint density at radius 2 is 2.25 bits per heavy atom. The van der Waals surface area contributed by atoms with Gasteiger partial charge in [-0.2, -0.15) is 0 Å². The minimum absolute atomic E-state index is 0.309. The normalized spacial score (nSPS) is 11.2. The van der Waals surface area contributed by atoms with Crippen LogP contribution in [0.2, 0.25) is 0 Å². The lowest BCUT2D eigenvalue weighted by molar-refractivity contribution is 0.0520. The van der Waals surface area contributed by atoms with Crippen molar-refractivity contribution < 1.29 is 9.53 Å². The summed E-state index contributed by atoms with van der Waals surface area (Å²) in [5.41, 5.74) is 2.76. The summed E-state index contributed by atoms with van der Waals surface area (Å²) in [7, 11) is 3.82. The smallest absolute Gasteiger partial charge is 0.358 e. The first-order chi connectivity index (χ1) is 9.52. The molecular weight excluding hydrogens is 256 g/mol. The first-order valence-corrected chi connectivity index (χ1v) is 6.39. The molecule has 0 saturated heterocycles. The van der Waals surface area contributed by atoms with Crippen LogP contribution in [0.15, 0.2) is 23.3 Å². The fourth-order valence-corrected chi connectivity index (χ4v) is 1.80. The molecule has 0 atom stereocenters. The van der Waals surface area contributed by atoms with E-state index in [9.17, 15) is 4.79 Å². The number of aryl methyl sites for hydroxylation is 1. The number of ether oxygens (including phenoxy) is 1. The van der Waals surface area contributed by atoms with Crippen molar-refractivity contribution in [3.8, 4) is 0 Å². The zero-order valence-corrected chi connectivity index (χ0v) is 12.1. The van der Waals surface area contributed by atoms with Crippen LogP contribution >= 0.6 is 0 Å². The van der Waals surface area contributed by atoms with E-state index in [1.807, 2.05) is 42.5 Å². The van der Waals surface area contributed by atoms with Crippen LogP contribution in [-0.4, -0.2) is 47.3 Å². The molecule has 0 fully saturated rings. The molecule has 2 heterocycles. The van der Waals surface area contributed by atoms with Gasteiger partial charge in [0.1, 0.15) is 5.65 Å². The van der Waals surface area contributed by atoms with Crippen molar-refractivity contribution in [1.29, 1.82) is 0 Å². The van der Waals surface area contributed by atoms with Crippen LogP contribution in [0.25, 0.3) is 5.65 Å². The Morgan fingerprint density at radius 1 is 1.50 bits per heavy atom. The number of aliphatic imine (C=N–C) groups is 1. The number of fused-ring (bicyclic) bond motifs is 1. The van der Waals surface area contributed by atoms with Gasteiger partial charge in [0, 0.05) is 26.0 Å². The van der Waals surface area contributed by atoms with Gasteiger partial charge in [-0.05, 0) is 26.0 Å². The third-order valence-corrected chi connectivity index (χ3v) is 2.77. The van der Waals surface area contributed by atoms with E-state index >= 15 is 0 Å². The van der Waals surface area contributed by atoms with Crippen molar-refractivity contribution in [3.63, 3.8) is 0 Å². The fraction of sp³-hybridized carbons (Fsp3) is 0.357. The number of aromatic nitrogens is 2. The highest BCUT2D eigenvalue weighted by Crippen LogP contribution is 2.20. The molecule has 0 aliphatic carbocycles. The van der Waals surface area contributed by atoms with Crippen LogP contribution in [0.5, 0.6) is 0 Å². The SMILES string of the molecule is CCOC(=O)c1cn2c(C)c(N=CN(C)C)ccc2n1. The Labute approximate surface area is 117 Å². The summed E-state index contributed by atoms with van der Waals surface area (Å²) in [6.45, 7) is 4.04. The molecule has 0 N–H and O–H groups in total. The van der Waals surface area contributed by atoms with Crippen LogP contribution in [0.1, 0.15) is 23.1 Å². The van der Waals surface area contributed by atoms with Crippen LogP contribution in [0, 0.1) is 6.92 Å². The predicted molar refractivity (Wildman–Crippen MR) is 77.7 cm³/mol. The van der Waals surface area contributed by atoms with E-state index in [2.05, 4.69) is 9.98 Å². The summed E-state index contributed by atoms with van der Waals surface area (Å²) in [6, 6.07) is 3.71. The Hall–Kier alpha value is -2.37. The molecule has 106 valence electrons. The second-order valence-corrected chi connectivity index (χ2v) is 4.59. The van der Waals surface area contributed by atoms with Gasteiger partial charge in [0.15, 0.2) is 5.69 Å². The van der Waals surface area contributed by atoms with Gasteiger partial charge in [-0.1, -0.05) is 0 Å². The quantitative estimate of drug-likeness (QED) is 0.486. The molecule has 0 aromatic carbocycles. The predicted octanol–water partition coefficient (Wildman–Crippen LogP) is 2.04. The summed E-state index contributed by atoms with van der Waals surface area (Å²) in [5.74, 6) is -0.408. The molecule has 0 radical (unpaired) electrons. The average molecular weight is 274 g/mol. The maximum atomic E-state index is 11.7. The first kappa shape index (κ1) is 14.0. The molecule has 0 amide bonds. The van der Waals surface area contributed by atoms with Crippen molar-refractivity contribution in [1.82, 2.24) is 14.3 Å².